The van der Waals surface area contributed by atoms with Gasteiger partial charge in [-0.2, -0.15) is 0 Å². The minimum atomic E-state index is -0.380. The second-order valence-electron chi connectivity index (χ2n) is 3.38. The van der Waals surface area contributed by atoms with E-state index in [1.54, 1.807) is 11.8 Å². The van der Waals surface area contributed by atoms with Gasteiger partial charge in [0, 0.05) is 13.1 Å². The number of likely N-dealkylation sites (N-methyl/N-ethyl adjacent to an activating group) is 1. The molecule has 2 N–H and O–H groups in total. The van der Waals surface area contributed by atoms with Crippen molar-refractivity contribution < 1.29 is 4.79 Å². The molecule has 0 saturated carbocycles. The maximum absolute atomic E-state index is 11.4. The van der Waals surface area contributed by atoms with Gasteiger partial charge in [0.1, 0.15) is 0 Å². The lowest BCUT2D eigenvalue weighted by Crippen LogP contribution is -2.44. The fourth-order valence-corrected chi connectivity index (χ4v) is 1.15. The van der Waals surface area contributed by atoms with Crippen LogP contribution in [0.25, 0.3) is 0 Å². The Morgan fingerprint density at radius 2 is 2.00 bits per heavy atom. The monoisotopic (exact) mass is 172 g/mol. The number of nitrogens with two attached hydrogens (primary N) is 1. The second-order valence-corrected chi connectivity index (χ2v) is 3.38. The summed E-state index contributed by atoms with van der Waals surface area (Å²) in [6.45, 7) is 5.88. The van der Waals surface area contributed by atoms with Crippen LogP contribution in [0.2, 0.25) is 0 Å². The van der Waals surface area contributed by atoms with Crippen LogP contribution in [-0.4, -0.2) is 29.9 Å². The molecule has 0 fully saturated rings. The van der Waals surface area contributed by atoms with Crippen molar-refractivity contribution in [3.8, 4) is 0 Å². The van der Waals surface area contributed by atoms with E-state index in [1.807, 2.05) is 14.0 Å². The fraction of sp³-hybridized carbons (Fsp3) is 0.889. The first-order valence-corrected chi connectivity index (χ1v) is 4.53. The topological polar surface area (TPSA) is 46.3 Å². The van der Waals surface area contributed by atoms with Gasteiger partial charge in [-0.3, -0.25) is 4.79 Å². The average Bonchev–Trinajstić information content (AvgIpc) is 2.02. The minimum Gasteiger partial charge on any atom is -0.342 e. The Kier molecular flexibility index (Phi) is 4.90. The van der Waals surface area contributed by atoms with E-state index in [0.717, 1.165) is 12.8 Å². The second kappa shape index (κ2) is 5.14. The number of carbonyl (C=O) groups is 1. The van der Waals surface area contributed by atoms with Crippen molar-refractivity contribution in [3.63, 3.8) is 0 Å². The number of hydrogen-bond donors (Lipinski definition) is 1. The highest BCUT2D eigenvalue weighted by molar-refractivity contribution is 5.81. The predicted octanol–water partition coefficient (Wildman–Crippen LogP) is 0.981. The summed E-state index contributed by atoms with van der Waals surface area (Å²) >= 11 is 0. The molecular formula is C9H20N2O. The lowest BCUT2D eigenvalue weighted by atomic mass is 10.1. The van der Waals surface area contributed by atoms with Crippen molar-refractivity contribution in [2.24, 2.45) is 5.73 Å². The van der Waals surface area contributed by atoms with Crippen LogP contribution in [0, 0.1) is 0 Å². The van der Waals surface area contributed by atoms with Crippen molar-refractivity contribution in [2.75, 3.05) is 7.05 Å². The van der Waals surface area contributed by atoms with E-state index in [-0.39, 0.29) is 11.9 Å². The Hall–Kier alpha value is -0.570. The maximum atomic E-state index is 11.4. The van der Waals surface area contributed by atoms with E-state index in [0.29, 0.717) is 6.04 Å². The SMILES string of the molecule is CCCC(C)N(C)C(=O)[C@@H](C)N. The molecule has 0 radical (unpaired) electrons. The molecule has 0 aliphatic heterocycles. The molecule has 0 saturated heterocycles. The van der Waals surface area contributed by atoms with E-state index in [9.17, 15) is 4.79 Å². The molecule has 12 heavy (non-hydrogen) atoms. The molecule has 72 valence electrons. The van der Waals surface area contributed by atoms with E-state index in [1.165, 1.54) is 0 Å². The first-order valence-electron chi connectivity index (χ1n) is 4.53. The lowest BCUT2D eigenvalue weighted by Gasteiger charge is -2.26. The summed E-state index contributed by atoms with van der Waals surface area (Å²) in [6.07, 6.45) is 2.13. The van der Waals surface area contributed by atoms with Crippen LogP contribution in [0.3, 0.4) is 0 Å². The zero-order chi connectivity index (χ0) is 9.72. The molecule has 3 nitrogen and oxygen atoms in total. The van der Waals surface area contributed by atoms with Crippen LogP contribution >= 0.6 is 0 Å². The lowest BCUT2D eigenvalue weighted by molar-refractivity contribution is -0.132. The van der Waals surface area contributed by atoms with Gasteiger partial charge in [0.2, 0.25) is 5.91 Å². The third-order valence-corrected chi connectivity index (χ3v) is 2.10. The van der Waals surface area contributed by atoms with Gasteiger partial charge in [0.15, 0.2) is 0 Å². The Labute approximate surface area is 74.9 Å². The van der Waals surface area contributed by atoms with Crippen molar-refractivity contribution in [1.29, 1.82) is 0 Å². The molecule has 1 amide bonds. The van der Waals surface area contributed by atoms with Crippen LogP contribution in [0.4, 0.5) is 0 Å². The fourth-order valence-electron chi connectivity index (χ4n) is 1.15. The van der Waals surface area contributed by atoms with E-state index < -0.39 is 0 Å². The van der Waals surface area contributed by atoms with Gasteiger partial charge in [0.25, 0.3) is 0 Å². The molecule has 0 aromatic rings. The van der Waals surface area contributed by atoms with E-state index in [4.69, 9.17) is 5.73 Å². The number of nitrogens with zero attached hydrogens (tertiary/aromatic N) is 1. The van der Waals surface area contributed by atoms with Gasteiger partial charge in [-0.05, 0) is 20.3 Å². The Balaban J connectivity index is 4.00. The minimum absolute atomic E-state index is 0.0240. The number of carbonyl (C=O) groups excluding carboxylic acids is 1. The van der Waals surface area contributed by atoms with Crippen molar-refractivity contribution in [2.45, 2.75) is 45.7 Å². The van der Waals surface area contributed by atoms with Crippen LogP contribution in [0.15, 0.2) is 0 Å². The van der Waals surface area contributed by atoms with Gasteiger partial charge in [-0.1, -0.05) is 13.3 Å². The molecular weight excluding hydrogens is 152 g/mol. The first kappa shape index (κ1) is 11.4. The smallest absolute Gasteiger partial charge is 0.239 e. The highest BCUT2D eigenvalue weighted by Gasteiger charge is 2.17. The zero-order valence-corrected chi connectivity index (χ0v) is 8.50. The maximum Gasteiger partial charge on any atom is 0.239 e. The summed E-state index contributed by atoms with van der Waals surface area (Å²) in [7, 11) is 1.81. The number of rotatable bonds is 4. The Bertz CT molecular complexity index is 145. The largest absolute Gasteiger partial charge is 0.342 e. The third-order valence-electron chi connectivity index (χ3n) is 2.10. The van der Waals surface area contributed by atoms with Gasteiger partial charge >= 0.3 is 0 Å². The highest BCUT2D eigenvalue weighted by atomic mass is 16.2. The first-order chi connectivity index (χ1) is 5.50. The van der Waals surface area contributed by atoms with E-state index in [2.05, 4.69) is 6.92 Å². The molecule has 0 aliphatic carbocycles. The summed E-state index contributed by atoms with van der Waals surface area (Å²) in [5, 5.41) is 0. The predicted molar refractivity (Wildman–Crippen MR) is 50.8 cm³/mol. The zero-order valence-electron chi connectivity index (χ0n) is 8.50. The molecule has 2 atom stereocenters. The van der Waals surface area contributed by atoms with Crippen molar-refractivity contribution in [3.05, 3.63) is 0 Å². The molecule has 0 spiro atoms. The average molecular weight is 172 g/mol. The van der Waals surface area contributed by atoms with E-state index >= 15 is 0 Å². The molecule has 0 aromatic carbocycles. The summed E-state index contributed by atoms with van der Waals surface area (Å²) in [5.74, 6) is 0.0240. The molecule has 1 unspecified atom stereocenters. The molecule has 0 rings (SSSR count). The van der Waals surface area contributed by atoms with Crippen LogP contribution in [0.1, 0.15) is 33.6 Å². The van der Waals surface area contributed by atoms with Crippen LogP contribution in [-0.2, 0) is 4.79 Å². The standard InChI is InChI=1S/C9H20N2O/c1-5-6-7(2)11(4)9(12)8(3)10/h7-8H,5-6,10H2,1-4H3/t7?,8-/m1/s1. The molecule has 0 heterocycles. The van der Waals surface area contributed by atoms with Gasteiger partial charge in [-0.25, -0.2) is 0 Å². The normalized spacial score (nSPS) is 15.4. The summed E-state index contributed by atoms with van der Waals surface area (Å²) < 4.78 is 0. The summed E-state index contributed by atoms with van der Waals surface area (Å²) in [4.78, 5) is 13.1. The molecule has 0 aliphatic rings. The van der Waals surface area contributed by atoms with Gasteiger partial charge in [0.05, 0.1) is 6.04 Å². The summed E-state index contributed by atoms with van der Waals surface area (Å²) in [6, 6.07) is -0.0807. The Morgan fingerprint density at radius 3 is 2.33 bits per heavy atom. The molecule has 0 aromatic heterocycles. The van der Waals surface area contributed by atoms with Crippen molar-refractivity contribution >= 4 is 5.91 Å². The molecule has 0 bridgehead atoms. The Morgan fingerprint density at radius 1 is 1.50 bits per heavy atom. The van der Waals surface area contributed by atoms with Crippen LogP contribution < -0.4 is 5.73 Å². The number of hydrogen-bond acceptors (Lipinski definition) is 2. The summed E-state index contributed by atoms with van der Waals surface area (Å²) in [5.41, 5.74) is 5.48. The van der Waals surface area contributed by atoms with Crippen LogP contribution in [0.5, 0.6) is 0 Å². The molecule has 3 heteroatoms. The highest BCUT2D eigenvalue weighted by Crippen LogP contribution is 2.04. The third kappa shape index (κ3) is 3.22. The van der Waals surface area contributed by atoms with Gasteiger partial charge in [-0.15, -0.1) is 0 Å². The number of amides is 1. The quantitative estimate of drug-likeness (QED) is 0.687. The van der Waals surface area contributed by atoms with Crippen molar-refractivity contribution in [1.82, 2.24) is 4.90 Å². The van der Waals surface area contributed by atoms with Gasteiger partial charge < -0.3 is 10.6 Å².